The highest BCUT2D eigenvalue weighted by atomic mass is 16.7. The fraction of sp³-hybridized carbons (Fsp3) is 0.438. The van der Waals surface area contributed by atoms with Gasteiger partial charge in [-0.05, 0) is 67.3 Å². The standard InChI is InChI=1S/C32H39NO6/c1-24(2)32(34)37-18-12-10-8-6-4-5-7-9-11-17-36-28-16-14-26(21-30(28)35-3)27(22-33)19-25-13-15-29-31(20-25)39-23-38-29/h13-16,19-21H,1,4-12,17-18,23H2,2-3H3/b27-19+. The Morgan fingerprint density at radius 1 is 0.923 bits per heavy atom. The highest BCUT2D eigenvalue weighted by molar-refractivity contribution is 5.90. The van der Waals surface area contributed by atoms with E-state index in [0.29, 0.717) is 47.4 Å². The summed E-state index contributed by atoms with van der Waals surface area (Å²) in [4.78, 5) is 11.3. The molecule has 0 N–H and O–H groups in total. The van der Waals surface area contributed by atoms with Crippen molar-refractivity contribution in [1.82, 2.24) is 0 Å². The molecule has 3 rings (SSSR count). The van der Waals surface area contributed by atoms with Crippen LogP contribution in [0, 0.1) is 11.3 Å². The van der Waals surface area contributed by atoms with Crippen molar-refractivity contribution in [2.75, 3.05) is 27.1 Å². The number of esters is 1. The molecule has 1 heterocycles. The average Bonchev–Trinajstić information content (AvgIpc) is 3.42. The Kier molecular flexibility index (Phi) is 12.3. The van der Waals surface area contributed by atoms with Crippen molar-refractivity contribution in [2.45, 2.75) is 64.7 Å². The Hall–Kier alpha value is -3.92. The van der Waals surface area contributed by atoms with E-state index in [4.69, 9.17) is 23.7 Å². The topological polar surface area (TPSA) is 87.0 Å². The summed E-state index contributed by atoms with van der Waals surface area (Å²) in [5, 5.41) is 9.76. The summed E-state index contributed by atoms with van der Waals surface area (Å²) < 4.78 is 27.4. The van der Waals surface area contributed by atoms with Gasteiger partial charge in [0.05, 0.1) is 32.0 Å². The predicted molar refractivity (Wildman–Crippen MR) is 152 cm³/mol. The van der Waals surface area contributed by atoms with Crippen LogP contribution < -0.4 is 18.9 Å². The first-order valence-corrected chi connectivity index (χ1v) is 13.7. The normalized spacial score (nSPS) is 12.1. The number of benzene rings is 2. The van der Waals surface area contributed by atoms with Gasteiger partial charge in [0.2, 0.25) is 6.79 Å². The fourth-order valence-corrected chi connectivity index (χ4v) is 4.22. The molecule has 0 fully saturated rings. The zero-order valence-corrected chi connectivity index (χ0v) is 23.1. The summed E-state index contributed by atoms with van der Waals surface area (Å²) in [6.45, 7) is 6.56. The van der Waals surface area contributed by atoms with E-state index < -0.39 is 0 Å². The molecule has 7 nitrogen and oxygen atoms in total. The van der Waals surface area contributed by atoms with Gasteiger partial charge in [-0.25, -0.2) is 4.79 Å². The van der Waals surface area contributed by atoms with Crippen molar-refractivity contribution in [3.8, 4) is 29.1 Å². The Morgan fingerprint density at radius 3 is 2.26 bits per heavy atom. The monoisotopic (exact) mass is 533 g/mol. The third-order valence-corrected chi connectivity index (χ3v) is 6.43. The van der Waals surface area contributed by atoms with Crippen LogP contribution in [-0.4, -0.2) is 33.1 Å². The van der Waals surface area contributed by atoms with Crippen molar-refractivity contribution in [3.05, 3.63) is 59.7 Å². The van der Waals surface area contributed by atoms with E-state index in [-0.39, 0.29) is 12.8 Å². The minimum Gasteiger partial charge on any atom is -0.493 e. The van der Waals surface area contributed by atoms with Gasteiger partial charge in [-0.15, -0.1) is 0 Å². The summed E-state index contributed by atoms with van der Waals surface area (Å²) in [7, 11) is 1.61. The van der Waals surface area contributed by atoms with E-state index in [1.54, 1.807) is 14.0 Å². The van der Waals surface area contributed by atoms with Gasteiger partial charge in [0.15, 0.2) is 23.0 Å². The zero-order valence-electron chi connectivity index (χ0n) is 23.1. The van der Waals surface area contributed by atoms with Crippen LogP contribution in [-0.2, 0) is 9.53 Å². The Balaban J connectivity index is 1.33. The van der Waals surface area contributed by atoms with E-state index in [2.05, 4.69) is 12.6 Å². The molecule has 0 saturated heterocycles. The van der Waals surface area contributed by atoms with Crippen LogP contribution in [0.4, 0.5) is 0 Å². The molecule has 0 aromatic heterocycles. The number of nitrogens with zero attached hydrogens (tertiary/aromatic N) is 1. The van der Waals surface area contributed by atoms with Gasteiger partial charge in [-0.1, -0.05) is 57.6 Å². The number of hydrogen-bond donors (Lipinski definition) is 0. The first-order valence-electron chi connectivity index (χ1n) is 13.7. The molecule has 1 aliphatic rings. The van der Waals surface area contributed by atoms with E-state index >= 15 is 0 Å². The van der Waals surface area contributed by atoms with Crippen molar-refractivity contribution >= 4 is 17.6 Å². The molecule has 0 unspecified atom stereocenters. The van der Waals surface area contributed by atoms with Crippen LogP contribution in [0.2, 0.25) is 0 Å². The van der Waals surface area contributed by atoms with Crippen molar-refractivity contribution in [1.29, 1.82) is 5.26 Å². The van der Waals surface area contributed by atoms with Gasteiger partial charge < -0.3 is 23.7 Å². The van der Waals surface area contributed by atoms with Gasteiger partial charge >= 0.3 is 5.97 Å². The lowest BCUT2D eigenvalue weighted by Crippen LogP contribution is -2.05. The van der Waals surface area contributed by atoms with Crippen LogP contribution in [0.15, 0.2) is 48.6 Å². The second-order valence-corrected chi connectivity index (χ2v) is 9.59. The number of ether oxygens (including phenoxy) is 5. The second-order valence-electron chi connectivity index (χ2n) is 9.59. The molecule has 0 saturated carbocycles. The molecule has 2 aromatic carbocycles. The Bertz CT molecular complexity index is 1180. The summed E-state index contributed by atoms with van der Waals surface area (Å²) in [5.41, 5.74) is 2.59. The van der Waals surface area contributed by atoms with E-state index in [0.717, 1.165) is 36.8 Å². The smallest absolute Gasteiger partial charge is 0.333 e. The summed E-state index contributed by atoms with van der Waals surface area (Å²) in [6, 6.07) is 13.5. The fourth-order valence-electron chi connectivity index (χ4n) is 4.22. The van der Waals surface area contributed by atoms with Gasteiger partial charge in [0.25, 0.3) is 0 Å². The molecule has 0 amide bonds. The molecule has 0 bridgehead atoms. The molecular formula is C32H39NO6. The SMILES string of the molecule is C=C(C)C(=O)OCCCCCCCCCCCOc1ccc(/C(C#N)=C/c2ccc3c(c2)OCO3)cc1OC. The number of nitriles is 1. The summed E-state index contributed by atoms with van der Waals surface area (Å²) in [6.07, 6.45) is 11.9. The van der Waals surface area contributed by atoms with Crippen LogP contribution in [0.5, 0.6) is 23.0 Å². The first kappa shape index (κ1) is 29.6. The first-order chi connectivity index (χ1) is 19.0. The molecule has 1 aliphatic heterocycles. The predicted octanol–water partition coefficient (Wildman–Crippen LogP) is 7.50. The highest BCUT2D eigenvalue weighted by Gasteiger charge is 2.14. The maximum atomic E-state index is 11.3. The number of allylic oxidation sites excluding steroid dienone is 1. The van der Waals surface area contributed by atoms with Gasteiger partial charge in [0, 0.05) is 5.57 Å². The minimum absolute atomic E-state index is 0.214. The summed E-state index contributed by atoms with van der Waals surface area (Å²) in [5.74, 6) is 2.37. The van der Waals surface area contributed by atoms with Crippen LogP contribution in [0.1, 0.15) is 75.8 Å². The molecule has 7 heteroatoms. The van der Waals surface area contributed by atoms with Crippen molar-refractivity contribution < 1.29 is 28.5 Å². The van der Waals surface area contributed by atoms with E-state index in [9.17, 15) is 10.1 Å². The average molecular weight is 534 g/mol. The van der Waals surface area contributed by atoms with Crippen LogP contribution in [0.3, 0.4) is 0 Å². The molecule has 2 aromatic rings. The molecule has 39 heavy (non-hydrogen) atoms. The largest absolute Gasteiger partial charge is 0.493 e. The quantitative estimate of drug-likeness (QED) is 0.0684. The van der Waals surface area contributed by atoms with E-state index in [1.807, 2.05) is 42.5 Å². The number of hydrogen-bond acceptors (Lipinski definition) is 7. The van der Waals surface area contributed by atoms with Crippen molar-refractivity contribution in [3.63, 3.8) is 0 Å². The molecule has 0 radical (unpaired) electrons. The highest BCUT2D eigenvalue weighted by Crippen LogP contribution is 2.35. The number of rotatable bonds is 17. The van der Waals surface area contributed by atoms with Crippen LogP contribution >= 0.6 is 0 Å². The van der Waals surface area contributed by atoms with Crippen molar-refractivity contribution in [2.24, 2.45) is 0 Å². The maximum Gasteiger partial charge on any atom is 0.333 e. The Labute approximate surface area is 232 Å². The molecule has 0 spiro atoms. The lowest BCUT2D eigenvalue weighted by Gasteiger charge is -2.12. The van der Waals surface area contributed by atoms with E-state index in [1.165, 1.54) is 32.1 Å². The lowest BCUT2D eigenvalue weighted by atomic mass is 10.0. The molecule has 0 atom stereocenters. The van der Waals surface area contributed by atoms with Gasteiger partial charge in [0.1, 0.15) is 0 Å². The zero-order chi connectivity index (χ0) is 27.9. The molecule has 208 valence electrons. The van der Waals surface area contributed by atoms with Gasteiger partial charge in [-0.2, -0.15) is 5.26 Å². The number of carbonyl (C=O) groups excluding carboxylic acids is 1. The third-order valence-electron chi connectivity index (χ3n) is 6.43. The minimum atomic E-state index is -0.298. The lowest BCUT2D eigenvalue weighted by molar-refractivity contribution is -0.139. The second kappa shape index (κ2) is 16.1. The van der Waals surface area contributed by atoms with Crippen LogP contribution in [0.25, 0.3) is 11.6 Å². The molecule has 0 aliphatic carbocycles. The Morgan fingerprint density at radius 2 is 1.59 bits per heavy atom. The molecular weight excluding hydrogens is 494 g/mol. The maximum absolute atomic E-state index is 11.3. The summed E-state index contributed by atoms with van der Waals surface area (Å²) >= 11 is 0. The van der Waals surface area contributed by atoms with Gasteiger partial charge in [-0.3, -0.25) is 0 Å². The number of methoxy groups -OCH3 is 1. The number of fused-ring (bicyclic) bond motifs is 1. The number of carbonyl (C=O) groups is 1. The third kappa shape index (κ3) is 9.72. The number of unbranched alkanes of at least 4 members (excludes halogenated alkanes) is 8.